The average Bonchev–Trinajstić information content (AvgIpc) is 2.46. The Labute approximate surface area is 118 Å². The van der Waals surface area contributed by atoms with E-state index in [-0.39, 0.29) is 43.3 Å². The predicted octanol–water partition coefficient (Wildman–Crippen LogP) is 0.348. The van der Waals surface area contributed by atoms with Crippen molar-refractivity contribution in [3.8, 4) is 0 Å². The number of nitrogens with zero attached hydrogens (tertiary/aromatic N) is 2. The highest BCUT2D eigenvalue weighted by molar-refractivity contribution is 5.91. The minimum Gasteiger partial charge on any atom is -0.382 e. The molecule has 1 aromatic heterocycles. The summed E-state index contributed by atoms with van der Waals surface area (Å²) in [7, 11) is 1.69. The van der Waals surface area contributed by atoms with Gasteiger partial charge in [0.25, 0.3) is 0 Å². The number of hydrogen-bond donors (Lipinski definition) is 4. The first-order valence-corrected chi connectivity index (χ1v) is 4.17. The molecule has 0 aliphatic heterocycles. The smallest absolute Gasteiger partial charge is 0.319 e. The van der Waals surface area contributed by atoms with Crippen molar-refractivity contribution in [3.05, 3.63) is 6.20 Å². The fourth-order valence-electron chi connectivity index (χ4n) is 0.896. The molecule has 0 bridgehead atoms. The molecule has 0 aromatic carbocycles. The molecule has 0 saturated carbocycles. The second-order valence-electron chi connectivity index (χ2n) is 2.74. The van der Waals surface area contributed by atoms with E-state index in [0.717, 1.165) is 0 Å². The van der Waals surface area contributed by atoms with Gasteiger partial charge in [-0.05, 0) is 0 Å². The molecule has 0 radical (unpaired) electrons. The van der Waals surface area contributed by atoms with Crippen molar-refractivity contribution >= 4 is 54.8 Å². The quantitative estimate of drug-likeness (QED) is 0.645. The van der Waals surface area contributed by atoms with Gasteiger partial charge in [-0.15, -0.1) is 37.2 Å². The zero-order chi connectivity index (χ0) is 10.6. The molecular weight excluding hydrogens is 290 g/mol. The molecule has 0 saturated heterocycles. The molecule has 10 heteroatoms. The van der Waals surface area contributed by atoms with Gasteiger partial charge in [0.2, 0.25) is 0 Å². The number of nitrogens with two attached hydrogens (primary N) is 2. The van der Waals surface area contributed by atoms with E-state index in [9.17, 15) is 4.79 Å². The topological polar surface area (TPSA) is 111 Å². The van der Waals surface area contributed by atoms with Crippen molar-refractivity contribution in [1.29, 1.82) is 0 Å². The van der Waals surface area contributed by atoms with Crippen LogP contribution in [-0.4, -0.2) is 28.9 Å². The third kappa shape index (κ3) is 6.42. The largest absolute Gasteiger partial charge is 0.382 e. The van der Waals surface area contributed by atoms with Crippen molar-refractivity contribution in [2.75, 3.05) is 24.1 Å². The highest BCUT2D eigenvalue weighted by atomic mass is 35.5. The molecule has 7 nitrogen and oxygen atoms in total. The maximum absolute atomic E-state index is 11.2. The Hall–Kier alpha value is -0.890. The highest BCUT2D eigenvalue weighted by Gasteiger charge is 2.07. The molecule has 6 N–H and O–H groups in total. The molecule has 1 rings (SSSR count). The second-order valence-corrected chi connectivity index (χ2v) is 2.74. The van der Waals surface area contributed by atoms with Crippen molar-refractivity contribution in [3.63, 3.8) is 0 Å². The van der Waals surface area contributed by atoms with Gasteiger partial charge in [0.1, 0.15) is 11.5 Å². The number of halogens is 3. The van der Waals surface area contributed by atoms with Crippen molar-refractivity contribution in [2.45, 2.75) is 0 Å². The van der Waals surface area contributed by atoms with Gasteiger partial charge in [-0.2, -0.15) is 5.10 Å². The number of nitrogen functional groups attached to an aromatic ring is 1. The minimum atomic E-state index is -0.338. The molecule has 1 aromatic rings. The first kappa shape index (κ1) is 21.4. The van der Waals surface area contributed by atoms with Gasteiger partial charge in [0.05, 0.1) is 6.20 Å². The number of carbonyl (C=O) groups excluding carboxylic acids is 1. The van der Waals surface area contributed by atoms with Gasteiger partial charge in [-0.25, -0.2) is 4.79 Å². The van der Waals surface area contributed by atoms with E-state index in [1.807, 2.05) is 0 Å². The first-order chi connectivity index (χ1) is 6.65. The summed E-state index contributed by atoms with van der Waals surface area (Å²) < 4.78 is 1.47. The van der Waals surface area contributed by atoms with Gasteiger partial charge in [0.15, 0.2) is 0 Å². The van der Waals surface area contributed by atoms with Crippen LogP contribution in [0.5, 0.6) is 0 Å². The average molecular weight is 308 g/mol. The van der Waals surface area contributed by atoms with E-state index < -0.39 is 0 Å². The summed E-state index contributed by atoms with van der Waals surface area (Å²) in [5.74, 6) is 0.410. The fourth-order valence-corrected chi connectivity index (χ4v) is 0.896. The Bertz CT molecular complexity index is 331. The summed E-state index contributed by atoms with van der Waals surface area (Å²) in [5.41, 5.74) is 11.3. The molecule has 17 heavy (non-hydrogen) atoms. The molecule has 0 aliphatic rings. The summed E-state index contributed by atoms with van der Waals surface area (Å²) in [5, 5.41) is 8.98. The summed E-state index contributed by atoms with van der Waals surface area (Å²) in [4.78, 5) is 11.2. The Balaban J connectivity index is -0.000000653. The Kier molecular flexibility index (Phi) is 12.9. The van der Waals surface area contributed by atoms with Gasteiger partial charge in [0, 0.05) is 20.1 Å². The van der Waals surface area contributed by atoms with Gasteiger partial charge < -0.3 is 22.1 Å². The SMILES string of the molecule is Cl.Cl.Cl.Cn1ncc(NC(=O)NCCN)c1N. The van der Waals surface area contributed by atoms with Crippen molar-refractivity contribution in [2.24, 2.45) is 12.8 Å². The minimum absolute atomic E-state index is 0. The third-order valence-electron chi connectivity index (χ3n) is 1.66. The van der Waals surface area contributed by atoms with E-state index in [1.54, 1.807) is 7.05 Å². The number of urea groups is 1. The predicted molar refractivity (Wildman–Crippen MR) is 75.4 cm³/mol. The van der Waals surface area contributed by atoms with Crippen molar-refractivity contribution in [1.82, 2.24) is 15.1 Å². The molecular formula is C7H17Cl3N6O. The highest BCUT2D eigenvalue weighted by Crippen LogP contribution is 2.14. The number of hydrogen-bond acceptors (Lipinski definition) is 4. The first-order valence-electron chi connectivity index (χ1n) is 4.17. The number of aromatic nitrogens is 2. The van der Waals surface area contributed by atoms with E-state index in [1.165, 1.54) is 10.9 Å². The lowest BCUT2D eigenvalue weighted by molar-refractivity contribution is 0.252. The lowest BCUT2D eigenvalue weighted by Crippen LogP contribution is -2.32. The third-order valence-corrected chi connectivity index (χ3v) is 1.66. The summed E-state index contributed by atoms with van der Waals surface area (Å²) in [6, 6.07) is -0.338. The van der Waals surface area contributed by atoms with Crippen LogP contribution in [0.1, 0.15) is 0 Å². The lowest BCUT2D eigenvalue weighted by atomic mass is 10.5. The lowest BCUT2D eigenvalue weighted by Gasteiger charge is -2.05. The summed E-state index contributed by atoms with van der Waals surface area (Å²) in [6.45, 7) is 0.821. The number of carbonyl (C=O) groups is 1. The van der Waals surface area contributed by atoms with E-state index in [4.69, 9.17) is 11.5 Å². The van der Waals surface area contributed by atoms with Crippen LogP contribution in [0, 0.1) is 0 Å². The Morgan fingerprint density at radius 3 is 2.47 bits per heavy atom. The zero-order valence-electron chi connectivity index (χ0n) is 9.17. The van der Waals surface area contributed by atoms with Crippen LogP contribution >= 0.6 is 37.2 Å². The van der Waals surface area contributed by atoms with Gasteiger partial charge in [-0.3, -0.25) is 4.68 Å². The number of nitrogens with one attached hydrogen (secondary N) is 2. The molecule has 0 spiro atoms. The van der Waals surface area contributed by atoms with E-state index >= 15 is 0 Å². The maximum atomic E-state index is 11.2. The van der Waals surface area contributed by atoms with Gasteiger partial charge in [-0.1, -0.05) is 0 Å². The molecule has 0 fully saturated rings. The monoisotopic (exact) mass is 306 g/mol. The number of amides is 2. The van der Waals surface area contributed by atoms with E-state index in [2.05, 4.69) is 15.7 Å². The molecule has 0 atom stereocenters. The number of rotatable bonds is 3. The number of aryl methyl sites for hydroxylation is 1. The van der Waals surface area contributed by atoms with Crippen molar-refractivity contribution < 1.29 is 4.79 Å². The van der Waals surface area contributed by atoms with Crippen LogP contribution in [0.25, 0.3) is 0 Å². The standard InChI is InChI=1S/C7H14N6O.3ClH/c1-13-6(9)5(4-11-13)12-7(14)10-3-2-8;;;/h4H,2-3,8-9H2,1H3,(H2,10,12,14);3*1H. The maximum Gasteiger partial charge on any atom is 0.319 e. The van der Waals surface area contributed by atoms with Crippen LogP contribution in [0.2, 0.25) is 0 Å². The molecule has 2 amide bonds. The normalized spacial score (nSPS) is 8.12. The second kappa shape index (κ2) is 10.3. The van der Waals surface area contributed by atoms with Crippen LogP contribution < -0.4 is 22.1 Å². The van der Waals surface area contributed by atoms with Crippen LogP contribution in [0.3, 0.4) is 0 Å². The Morgan fingerprint density at radius 1 is 1.47 bits per heavy atom. The summed E-state index contributed by atoms with van der Waals surface area (Å²) in [6.07, 6.45) is 1.48. The Morgan fingerprint density at radius 2 is 2.06 bits per heavy atom. The molecule has 1 heterocycles. The molecule has 0 unspecified atom stereocenters. The number of anilines is 2. The van der Waals surface area contributed by atoms with E-state index in [0.29, 0.717) is 24.6 Å². The van der Waals surface area contributed by atoms with Crippen LogP contribution in [-0.2, 0) is 7.05 Å². The molecule has 102 valence electrons. The zero-order valence-corrected chi connectivity index (χ0v) is 11.6. The molecule has 0 aliphatic carbocycles. The van der Waals surface area contributed by atoms with Crippen LogP contribution in [0.15, 0.2) is 6.20 Å². The van der Waals surface area contributed by atoms with Crippen LogP contribution in [0.4, 0.5) is 16.3 Å². The fraction of sp³-hybridized carbons (Fsp3) is 0.429. The van der Waals surface area contributed by atoms with Gasteiger partial charge >= 0.3 is 6.03 Å². The summed E-state index contributed by atoms with van der Waals surface area (Å²) >= 11 is 0.